The Labute approximate surface area is 106 Å². The summed E-state index contributed by atoms with van der Waals surface area (Å²) in [6, 6.07) is 1.80. The SMILES string of the molecule is CC(C(=O)O)S(=O)(=O)NCc1sccc1Br. The van der Waals surface area contributed by atoms with Crippen LogP contribution in [0.1, 0.15) is 11.8 Å². The van der Waals surface area contributed by atoms with E-state index in [1.54, 1.807) is 6.07 Å². The predicted molar refractivity (Wildman–Crippen MR) is 64.9 cm³/mol. The van der Waals surface area contributed by atoms with Crippen LogP contribution in [0.25, 0.3) is 0 Å². The van der Waals surface area contributed by atoms with Crippen molar-refractivity contribution in [3.05, 3.63) is 20.8 Å². The molecule has 0 bridgehead atoms. The molecule has 1 aromatic rings. The third-order valence-corrected chi connectivity index (χ3v) is 5.54. The number of nitrogens with one attached hydrogen (secondary N) is 1. The summed E-state index contributed by atoms with van der Waals surface area (Å²) in [7, 11) is -3.82. The van der Waals surface area contributed by atoms with Gasteiger partial charge in [-0.25, -0.2) is 13.1 Å². The van der Waals surface area contributed by atoms with Crippen LogP contribution in [0.4, 0.5) is 0 Å². The predicted octanol–water partition coefficient (Wildman–Crippen LogP) is 1.40. The van der Waals surface area contributed by atoms with Crippen molar-refractivity contribution in [1.82, 2.24) is 4.72 Å². The summed E-state index contributed by atoms with van der Waals surface area (Å²) in [4.78, 5) is 11.4. The van der Waals surface area contributed by atoms with Gasteiger partial charge < -0.3 is 5.11 Å². The van der Waals surface area contributed by atoms with Gasteiger partial charge in [-0.2, -0.15) is 0 Å². The molecule has 16 heavy (non-hydrogen) atoms. The molecule has 8 heteroatoms. The Morgan fingerprint density at radius 2 is 2.31 bits per heavy atom. The third kappa shape index (κ3) is 3.27. The molecule has 0 aliphatic rings. The number of carbonyl (C=O) groups is 1. The van der Waals surface area contributed by atoms with Crippen molar-refractivity contribution in [3.8, 4) is 0 Å². The largest absolute Gasteiger partial charge is 0.480 e. The Kier molecular flexibility index (Phi) is 4.48. The van der Waals surface area contributed by atoms with Gasteiger partial charge in [0.15, 0.2) is 5.25 Å². The minimum Gasteiger partial charge on any atom is -0.480 e. The van der Waals surface area contributed by atoms with Crippen molar-refractivity contribution >= 4 is 43.3 Å². The maximum absolute atomic E-state index is 11.5. The highest BCUT2D eigenvalue weighted by Crippen LogP contribution is 2.22. The number of sulfonamides is 1. The van der Waals surface area contributed by atoms with Crippen LogP contribution < -0.4 is 4.72 Å². The molecule has 0 aliphatic heterocycles. The molecule has 0 saturated carbocycles. The zero-order valence-corrected chi connectivity index (χ0v) is 11.5. The third-order valence-electron chi connectivity index (χ3n) is 1.94. The Hall–Kier alpha value is -0.440. The van der Waals surface area contributed by atoms with E-state index in [9.17, 15) is 13.2 Å². The number of hydrogen-bond acceptors (Lipinski definition) is 4. The van der Waals surface area contributed by atoms with E-state index in [1.807, 2.05) is 5.38 Å². The van der Waals surface area contributed by atoms with E-state index in [2.05, 4.69) is 20.7 Å². The normalized spacial score (nSPS) is 13.6. The van der Waals surface area contributed by atoms with E-state index in [4.69, 9.17) is 5.11 Å². The van der Waals surface area contributed by atoms with Crippen LogP contribution in [0, 0.1) is 0 Å². The van der Waals surface area contributed by atoms with Crippen LogP contribution in [0.5, 0.6) is 0 Å². The molecule has 0 fully saturated rings. The second kappa shape index (κ2) is 5.26. The highest BCUT2D eigenvalue weighted by atomic mass is 79.9. The maximum atomic E-state index is 11.5. The highest BCUT2D eigenvalue weighted by molar-refractivity contribution is 9.10. The second-order valence-electron chi connectivity index (χ2n) is 3.04. The molecule has 0 radical (unpaired) electrons. The standard InChI is InChI=1S/C8H10BrNO4S2/c1-5(8(11)12)16(13,14)10-4-7-6(9)2-3-15-7/h2-3,5,10H,4H2,1H3,(H,11,12). The lowest BCUT2D eigenvalue weighted by atomic mass is 10.5. The van der Waals surface area contributed by atoms with Crippen molar-refractivity contribution in [2.75, 3.05) is 0 Å². The van der Waals surface area contributed by atoms with E-state index in [0.29, 0.717) is 0 Å². The summed E-state index contributed by atoms with van der Waals surface area (Å²) >= 11 is 4.65. The number of hydrogen-bond donors (Lipinski definition) is 2. The minimum atomic E-state index is -3.82. The van der Waals surface area contributed by atoms with Gasteiger partial charge in [0.2, 0.25) is 10.0 Å². The Morgan fingerprint density at radius 1 is 1.69 bits per heavy atom. The van der Waals surface area contributed by atoms with Gasteiger partial charge in [-0.15, -0.1) is 11.3 Å². The van der Waals surface area contributed by atoms with E-state index < -0.39 is 21.2 Å². The maximum Gasteiger partial charge on any atom is 0.323 e. The van der Waals surface area contributed by atoms with Gasteiger partial charge >= 0.3 is 5.97 Å². The van der Waals surface area contributed by atoms with Crippen LogP contribution in [0.3, 0.4) is 0 Å². The summed E-state index contributed by atoms with van der Waals surface area (Å²) in [5.41, 5.74) is 0. The molecule has 1 unspecified atom stereocenters. The molecule has 0 amide bonds. The van der Waals surface area contributed by atoms with Crippen molar-refractivity contribution < 1.29 is 18.3 Å². The van der Waals surface area contributed by atoms with Gasteiger partial charge in [0.1, 0.15) is 0 Å². The first-order valence-corrected chi connectivity index (χ1v) is 7.49. The molecule has 1 aromatic heterocycles. The summed E-state index contributed by atoms with van der Waals surface area (Å²) in [5, 5.41) is 8.96. The first-order valence-electron chi connectivity index (χ1n) is 4.27. The Morgan fingerprint density at radius 3 is 2.75 bits per heavy atom. The molecular weight excluding hydrogens is 318 g/mol. The lowest BCUT2D eigenvalue weighted by molar-refractivity contribution is -0.136. The quantitative estimate of drug-likeness (QED) is 0.856. The van der Waals surface area contributed by atoms with Crippen LogP contribution >= 0.6 is 27.3 Å². The molecule has 1 atom stereocenters. The molecule has 90 valence electrons. The second-order valence-corrected chi connectivity index (χ2v) is 6.98. The topological polar surface area (TPSA) is 83.5 Å². The summed E-state index contributed by atoms with van der Waals surface area (Å²) in [5.74, 6) is -1.36. The van der Waals surface area contributed by atoms with Gasteiger partial charge in [-0.1, -0.05) is 0 Å². The van der Waals surface area contributed by atoms with Crippen LogP contribution in [0.2, 0.25) is 0 Å². The molecule has 2 N–H and O–H groups in total. The smallest absolute Gasteiger partial charge is 0.323 e. The summed E-state index contributed by atoms with van der Waals surface area (Å²) < 4.78 is 26.0. The first kappa shape index (κ1) is 13.6. The minimum absolute atomic E-state index is 0.0954. The van der Waals surface area contributed by atoms with Crippen LogP contribution in [-0.4, -0.2) is 24.7 Å². The molecule has 1 heterocycles. The monoisotopic (exact) mass is 327 g/mol. The van der Waals surface area contributed by atoms with Crippen LogP contribution in [0.15, 0.2) is 15.9 Å². The van der Waals surface area contributed by atoms with E-state index in [1.165, 1.54) is 11.3 Å². The fourth-order valence-electron chi connectivity index (χ4n) is 0.875. The van der Waals surface area contributed by atoms with Crippen molar-refractivity contribution in [1.29, 1.82) is 0 Å². The summed E-state index contributed by atoms with van der Waals surface area (Å²) in [6.07, 6.45) is 0. The lowest BCUT2D eigenvalue weighted by Crippen LogP contribution is -2.36. The molecule has 0 aliphatic carbocycles. The molecule has 0 aromatic carbocycles. The fraction of sp³-hybridized carbons (Fsp3) is 0.375. The number of halogens is 1. The number of carboxylic acids is 1. The Balaban J connectivity index is 2.69. The van der Waals surface area contributed by atoms with Crippen LogP contribution in [-0.2, 0) is 21.4 Å². The highest BCUT2D eigenvalue weighted by Gasteiger charge is 2.27. The molecule has 0 saturated heterocycles. The van der Waals surface area contributed by atoms with Gasteiger partial charge in [0, 0.05) is 15.9 Å². The zero-order valence-electron chi connectivity index (χ0n) is 8.31. The fourth-order valence-corrected chi connectivity index (χ4v) is 3.26. The van der Waals surface area contributed by atoms with Crippen molar-refractivity contribution in [3.63, 3.8) is 0 Å². The lowest BCUT2D eigenvalue weighted by Gasteiger charge is -2.09. The van der Waals surface area contributed by atoms with Gasteiger partial charge in [0.05, 0.1) is 0 Å². The van der Waals surface area contributed by atoms with Gasteiger partial charge in [0.25, 0.3) is 0 Å². The average molecular weight is 328 g/mol. The van der Waals surface area contributed by atoms with Crippen molar-refractivity contribution in [2.45, 2.75) is 18.7 Å². The number of rotatable bonds is 5. The van der Waals surface area contributed by atoms with E-state index in [-0.39, 0.29) is 6.54 Å². The summed E-state index contributed by atoms with van der Waals surface area (Å²) in [6.45, 7) is 1.23. The Bertz CT molecular complexity index is 482. The zero-order chi connectivity index (χ0) is 12.3. The first-order chi connectivity index (χ1) is 7.34. The molecule has 0 spiro atoms. The average Bonchev–Trinajstić information content (AvgIpc) is 2.60. The molecule has 1 rings (SSSR count). The van der Waals surface area contributed by atoms with Gasteiger partial charge in [-0.3, -0.25) is 4.79 Å². The molecular formula is C8H10BrNO4S2. The van der Waals surface area contributed by atoms with Crippen molar-refractivity contribution in [2.24, 2.45) is 0 Å². The molecule has 5 nitrogen and oxygen atoms in total. The van der Waals surface area contributed by atoms with E-state index >= 15 is 0 Å². The van der Waals surface area contributed by atoms with Gasteiger partial charge in [-0.05, 0) is 34.3 Å². The van der Waals surface area contributed by atoms with E-state index in [0.717, 1.165) is 16.3 Å². The number of aliphatic carboxylic acids is 1. The number of carboxylic acid groups (broad SMARTS) is 1. The number of thiophene rings is 1.